The predicted molar refractivity (Wildman–Crippen MR) is 118 cm³/mol. The second-order valence-corrected chi connectivity index (χ2v) is 11.2. The number of ether oxygens (including phenoxy) is 2. The van der Waals surface area contributed by atoms with E-state index in [1.165, 1.54) is 26.0 Å². The summed E-state index contributed by atoms with van der Waals surface area (Å²) >= 11 is 0. The maximum absolute atomic E-state index is 13.4. The van der Waals surface area contributed by atoms with Gasteiger partial charge >= 0.3 is 5.97 Å². The Labute approximate surface area is 187 Å². The minimum absolute atomic E-state index is 0.0517. The molecule has 1 N–H and O–H groups in total. The van der Waals surface area contributed by atoms with E-state index in [4.69, 9.17) is 9.47 Å². The van der Waals surface area contributed by atoms with E-state index in [9.17, 15) is 22.7 Å². The van der Waals surface area contributed by atoms with E-state index in [2.05, 4.69) is 0 Å². The van der Waals surface area contributed by atoms with Crippen molar-refractivity contribution in [3.05, 3.63) is 53.8 Å². The summed E-state index contributed by atoms with van der Waals surface area (Å²) in [7, 11) is -4.10. The molecule has 2 aromatic rings. The van der Waals surface area contributed by atoms with E-state index >= 15 is 0 Å². The van der Waals surface area contributed by atoms with Crippen LogP contribution < -0.4 is 9.04 Å². The molecule has 9 heteroatoms. The van der Waals surface area contributed by atoms with Crippen molar-refractivity contribution in [2.75, 3.05) is 10.8 Å². The Kier molecular flexibility index (Phi) is 6.27. The smallest absolute Gasteiger partial charge is 0.310 e. The molecular formula is C23H28FNO6S. The summed E-state index contributed by atoms with van der Waals surface area (Å²) in [6.45, 7) is 8.19. The molecule has 174 valence electrons. The first-order valence-corrected chi connectivity index (χ1v) is 11.6. The third-order valence-corrected chi connectivity index (χ3v) is 6.64. The first-order chi connectivity index (χ1) is 14.7. The van der Waals surface area contributed by atoms with Crippen molar-refractivity contribution in [2.24, 2.45) is 0 Å². The number of rotatable bonds is 5. The van der Waals surface area contributed by atoms with Crippen LogP contribution in [-0.4, -0.2) is 43.3 Å². The fraction of sp³-hybridized carbons (Fsp3) is 0.435. The molecule has 3 rings (SSSR count). The molecule has 0 aliphatic carbocycles. The summed E-state index contributed by atoms with van der Waals surface area (Å²) in [5.74, 6) is -0.751. The van der Waals surface area contributed by atoms with Crippen molar-refractivity contribution >= 4 is 21.7 Å². The van der Waals surface area contributed by atoms with Crippen LogP contribution in [0.5, 0.6) is 5.75 Å². The molecule has 1 heterocycles. The lowest BCUT2D eigenvalue weighted by Gasteiger charge is -2.40. The highest BCUT2D eigenvalue weighted by Crippen LogP contribution is 2.39. The Morgan fingerprint density at radius 3 is 2.34 bits per heavy atom. The summed E-state index contributed by atoms with van der Waals surface area (Å²) in [4.78, 5) is 12.2. The van der Waals surface area contributed by atoms with Crippen LogP contribution in [0.1, 0.15) is 40.2 Å². The summed E-state index contributed by atoms with van der Waals surface area (Å²) in [6, 6.07) is 9.29. The average Bonchev–Trinajstić information content (AvgIpc) is 2.65. The molecule has 0 aromatic heterocycles. The maximum Gasteiger partial charge on any atom is 0.310 e. The lowest BCUT2D eigenvalue weighted by atomic mass is 10.00. The number of fused-ring (bicyclic) bond motifs is 1. The number of halogens is 1. The molecule has 0 radical (unpaired) electrons. The third kappa shape index (κ3) is 5.39. The van der Waals surface area contributed by atoms with E-state index in [-0.39, 0.29) is 29.3 Å². The molecule has 1 aliphatic rings. The molecule has 0 saturated carbocycles. The van der Waals surface area contributed by atoms with Gasteiger partial charge in [-0.15, -0.1) is 0 Å². The highest BCUT2D eigenvalue weighted by Gasteiger charge is 2.40. The van der Waals surface area contributed by atoms with Gasteiger partial charge in [-0.05, 0) is 76.6 Å². The Balaban J connectivity index is 2.03. The molecule has 0 unspecified atom stereocenters. The molecule has 2 aromatic carbocycles. The van der Waals surface area contributed by atoms with Gasteiger partial charge in [0.1, 0.15) is 23.3 Å². The van der Waals surface area contributed by atoms with E-state index in [1.807, 2.05) is 0 Å². The highest BCUT2D eigenvalue weighted by molar-refractivity contribution is 7.92. The Bertz CT molecular complexity index is 1100. The van der Waals surface area contributed by atoms with Crippen LogP contribution in [-0.2, 0) is 26.0 Å². The molecule has 0 spiro atoms. The standard InChI is InChI=1S/C23H28FNO6S/c1-22(2,3)31-21(26)13-15-6-11-19-18(12-15)25(14-20(30-19)23(4,5)27)32(28,29)17-9-7-16(24)8-10-17/h6-12,20,27H,13-14H2,1-5H3/t20-/m1/s1. The largest absolute Gasteiger partial charge is 0.483 e. The molecule has 0 saturated heterocycles. The topological polar surface area (TPSA) is 93.1 Å². The van der Waals surface area contributed by atoms with Gasteiger partial charge in [0, 0.05) is 0 Å². The number of nitrogens with zero attached hydrogens (tertiary/aromatic N) is 1. The molecule has 0 bridgehead atoms. The van der Waals surface area contributed by atoms with Crippen molar-refractivity contribution in [3.63, 3.8) is 0 Å². The van der Waals surface area contributed by atoms with Crippen LogP contribution in [0.2, 0.25) is 0 Å². The van der Waals surface area contributed by atoms with Gasteiger partial charge in [-0.2, -0.15) is 0 Å². The number of carbonyl (C=O) groups is 1. The minimum Gasteiger partial charge on any atom is -0.483 e. The lowest BCUT2D eigenvalue weighted by Crippen LogP contribution is -2.52. The monoisotopic (exact) mass is 465 g/mol. The van der Waals surface area contributed by atoms with Gasteiger partial charge in [0.2, 0.25) is 0 Å². The number of carbonyl (C=O) groups excluding carboxylic acids is 1. The number of sulfonamides is 1. The zero-order chi connectivity index (χ0) is 23.9. The van der Waals surface area contributed by atoms with Crippen LogP contribution in [0.4, 0.5) is 10.1 Å². The normalized spacial score (nSPS) is 16.8. The summed E-state index contributed by atoms with van der Waals surface area (Å²) in [5, 5.41) is 10.5. The quantitative estimate of drug-likeness (QED) is 0.680. The van der Waals surface area contributed by atoms with Crippen LogP contribution in [0.3, 0.4) is 0 Å². The number of hydrogen-bond donors (Lipinski definition) is 1. The highest BCUT2D eigenvalue weighted by atomic mass is 32.2. The van der Waals surface area contributed by atoms with Crippen molar-refractivity contribution in [1.29, 1.82) is 0 Å². The van der Waals surface area contributed by atoms with Crippen molar-refractivity contribution in [1.82, 2.24) is 0 Å². The van der Waals surface area contributed by atoms with E-state index < -0.39 is 39.1 Å². The van der Waals surface area contributed by atoms with Gasteiger partial charge in [-0.1, -0.05) is 6.07 Å². The van der Waals surface area contributed by atoms with Crippen LogP contribution >= 0.6 is 0 Å². The van der Waals surface area contributed by atoms with Gasteiger partial charge in [0.25, 0.3) is 10.0 Å². The number of hydrogen-bond acceptors (Lipinski definition) is 6. The van der Waals surface area contributed by atoms with E-state index in [0.717, 1.165) is 16.4 Å². The Morgan fingerprint density at radius 2 is 1.78 bits per heavy atom. The van der Waals surface area contributed by atoms with E-state index in [0.29, 0.717) is 5.56 Å². The fourth-order valence-corrected chi connectivity index (χ4v) is 4.75. The number of benzene rings is 2. The van der Waals surface area contributed by atoms with Crippen LogP contribution in [0.25, 0.3) is 0 Å². The summed E-state index contributed by atoms with van der Waals surface area (Å²) < 4.78 is 52.6. The van der Waals surface area contributed by atoms with Crippen molar-refractivity contribution < 1.29 is 32.2 Å². The number of anilines is 1. The van der Waals surface area contributed by atoms with Gasteiger partial charge < -0.3 is 14.6 Å². The zero-order valence-electron chi connectivity index (χ0n) is 18.8. The Hall–Kier alpha value is -2.65. The van der Waals surface area contributed by atoms with Crippen LogP contribution in [0, 0.1) is 5.82 Å². The minimum atomic E-state index is -4.10. The van der Waals surface area contributed by atoms with Gasteiger partial charge in [-0.3, -0.25) is 9.10 Å². The molecular weight excluding hydrogens is 437 g/mol. The molecule has 32 heavy (non-hydrogen) atoms. The fourth-order valence-electron chi connectivity index (χ4n) is 3.28. The maximum atomic E-state index is 13.4. The van der Waals surface area contributed by atoms with Gasteiger partial charge in [0.15, 0.2) is 0 Å². The second kappa shape index (κ2) is 8.37. The van der Waals surface area contributed by atoms with Crippen molar-refractivity contribution in [2.45, 2.75) is 63.2 Å². The lowest BCUT2D eigenvalue weighted by molar-refractivity contribution is -0.153. The van der Waals surface area contributed by atoms with Gasteiger partial charge in [0.05, 0.1) is 29.1 Å². The van der Waals surface area contributed by atoms with E-state index in [1.54, 1.807) is 39.0 Å². The Morgan fingerprint density at radius 1 is 1.16 bits per heavy atom. The second-order valence-electron chi connectivity index (χ2n) is 9.32. The van der Waals surface area contributed by atoms with Crippen LogP contribution in [0.15, 0.2) is 47.4 Å². The first kappa shape index (κ1) is 24.0. The number of aliphatic hydroxyl groups is 1. The summed E-state index contributed by atoms with van der Waals surface area (Å²) in [6.07, 6.45) is -0.897. The molecule has 1 aliphatic heterocycles. The molecule has 1 atom stereocenters. The average molecular weight is 466 g/mol. The molecule has 7 nitrogen and oxygen atoms in total. The zero-order valence-corrected chi connectivity index (χ0v) is 19.6. The van der Waals surface area contributed by atoms with Gasteiger partial charge in [-0.25, -0.2) is 12.8 Å². The predicted octanol–water partition coefficient (Wildman–Crippen LogP) is 3.44. The summed E-state index contributed by atoms with van der Waals surface area (Å²) in [5.41, 5.74) is -1.20. The first-order valence-electron chi connectivity index (χ1n) is 10.2. The number of esters is 1. The third-order valence-electron chi connectivity index (χ3n) is 4.85. The molecule has 0 fully saturated rings. The SMILES string of the molecule is CC(C)(C)OC(=O)Cc1ccc2c(c1)N(S(=O)(=O)c1ccc(F)cc1)C[C@H](C(C)(C)O)O2. The van der Waals surface area contributed by atoms with Crippen molar-refractivity contribution in [3.8, 4) is 5.75 Å². The molecule has 0 amide bonds.